The van der Waals surface area contributed by atoms with Crippen LogP contribution in [0.15, 0.2) is 72.8 Å². The molecule has 0 aliphatic carbocycles. The third-order valence-corrected chi connectivity index (χ3v) is 3.86. The second kappa shape index (κ2) is 9.32. The van der Waals surface area contributed by atoms with Gasteiger partial charge in [-0.1, -0.05) is 30.3 Å². The highest BCUT2D eigenvalue weighted by Gasteiger charge is 2.17. The van der Waals surface area contributed by atoms with Crippen LogP contribution in [-0.2, 0) is 11.4 Å². The summed E-state index contributed by atoms with van der Waals surface area (Å²) >= 11 is 0. The summed E-state index contributed by atoms with van der Waals surface area (Å²) in [4.78, 5) is 22.2. The molecule has 3 rings (SSSR count). The second-order valence-corrected chi connectivity index (χ2v) is 6.00. The number of carbonyl (C=O) groups is 1. The standard InChI is InChI=1S/C21H17FN2O5/c22-16-6-11-19(24(26)27)20(12-16)29-14-21(25)23-17-7-9-18(10-8-17)28-13-15-4-2-1-3-5-15/h1-12H,13-14H2,(H,23,25). The average Bonchev–Trinajstić information content (AvgIpc) is 2.72. The van der Waals surface area contributed by atoms with Crippen molar-refractivity contribution in [2.75, 3.05) is 11.9 Å². The highest BCUT2D eigenvalue weighted by molar-refractivity contribution is 5.91. The number of halogens is 1. The van der Waals surface area contributed by atoms with Crippen LogP contribution in [0.4, 0.5) is 15.8 Å². The zero-order chi connectivity index (χ0) is 20.6. The summed E-state index contributed by atoms with van der Waals surface area (Å²) in [6.45, 7) is -0.0800. The van der Waals surface area contributed by atoms with Gasteiger partial charge in [0.05, 0.1) is 4.92 Å². The molecule has 148 valence electrons. The number of rotatable bonds is 8. The van der Waals surface area contributed by atoms with E-state index in [1.807, 2.05) is 30.3 Å². The number of nitro groups is 1. The third-order valence-electron chi connectivity index (χ3n) is 3.86. The minimum atomic E-state index is -0.707. The first-order valence-electron chi connectivity index (χ1n) is 8.64. The molecule has 0 spiro atoms. The van der Waals surface area contributed by atoms with E-state index in [9.17, 15) is 19.3 Å². The summed E-state index contributed by atoms with van der Waals surface area (Å²) < 4.78 is 24.0. The van der Waals surface area contributed by atoms with Crippen LogP contribution < -0.4 is 14.8 Å². The number of benzene rings is 3. The molecule has 1 amide bonds. The number of nitrogens with zero attached hydrogens (tertiary/aromatic N) is 1. The van der Waals surface area contributed by atoms with Crippen LogP contribution in [0.3, 0.4) is 0 Å². The monoisotopic (exact) mass is 396 g/mol. The van der Waals surface area contributed by atoms with Crippen LogP contribution in [-0.4, -0.2) is 17.4 Å². The molecule has 1 N–H and O–H groups in total. The summed E-state index contributed by atoms with van der Waals surface area (Å²) in [5, 5.41) is 13.5. The predicted octanol–water partition coefficient (Wildman–Crippen LogP) is 4.33. The lowest BCUT2D eigenvalue weighted by Gasteiger charge is -2.09. The fraction of sp³-hybridized carbons (Fsp3) is 0.0952. The molecule has 0 atom stereocenters. The Balaban J connectivity index is 1.52. The Morgan fingerprint density at radius 2 is 1.72 bits per heavy atom. The largest absolute Gasteiger partial charge is 0.489 e. The maximum absolute atomic E-state index is 13.3. The molecule has 0 aliphatic rings. The van der Waals surface area contributed by atoms with Crippen molar-refractivity contribution in [1.82, 2.24) is 0 Å². The lowest BCUT2D eigenvalue weighted by atomic mass is 10.2. The van der Waals surface area contributed by atoms with Crippen LogP contribution in [0.5, 0.6) is 11.5 Å². The topological polar surface area (TPSA) is 90.7 Å². The Morgan fingerprint density at radius 1 is 1.00 bits per heavy atom. The van der Waals surface area contributed by atoms with Gasteiger partial charge in [0.1, 0.15) is 18.2 Å². The maximum atomic E-state index is 13.3. The van der Waals surface area contributed by atoms with Crippen molar-refractivity contribution in [1.29, 1.82) is 0 Å². The summed E-state index contributed by atoms with van der Waals surface area (Å²) in [5.41, 5.74) is 1.12. The first kappa shape index (κ1) is 19.8. The fourth-order valence-corrected chi connectivity index (χ4v) is 2.47. The Morgan fingerprint density at radius 3 is 2.41 bits per heavy atom. The lowest BCUT2D eigenvalue weighted by Crippen LogP contribution is -2.20. The quantitative estimate of drug-likeness (QED) is 0.452. The van der Waals surface area contributed by atoms with E-state index >= 15 is 0 Å². The van der Waals surface area contributed by atoms with Crippen LogP contribution >= 0.6 is 0 Å². The number of anilines is 1. The second-order valence-electron chi connectivity index (χ2n) is 6.00. The van der Waals surface area contributed by atoms with Crippen LogP contribution in [0.25, 0.3) is 0 Å². The van der Waals surface area contributed by atoms with E-state index in [-0.39, 0.29) is 5.75 Å². The number of hydrogen-bond donors (Lipinski definition) is 1. The average molecular weight is 396 g/mol. The van der Waals surface area contributed by atoms with Gasteiger partial charge in [0.15, 0.2) is 6.61 Å². The van der Waals surface area contributed by atoms with Gasteiger partial charge in [-0.25, -0.2) is 4.39 Å². The minimum Gasteiger partial charge on any atom is -0.489 e. The van der Waals surface area contributed by atoms with Gasteiger partial charge in [-0.05, 0) is 35.9 Å². The first-order valence-corrected chi connectivity index (χ1v) is 8.64. The summed E-state index contributed by atoms with van der Waals surface area (Å²) in [7, 11) is 0. The summed E-state index contributed by atoms with van der Waals surface area (Å²) in [6, 6.07) is 19.2. The van der Waals surface area contributed by atoms with Gasteiger partial charge in [-0.2, -0.15) is 0 Å². The van der Waals surface area contributed by atoms with Crippen molar-refractivity contribution >= 4 is 17.3 Å². The molecule has 0 saturated heterocycles. The lowest BCUT2D eigenvalue weighted by molar-refractivity contribution is -0.385. The Bertz CT molecular complexity index is 994. The third kappa shape index (κ3) is 5.77. The van der Waals surface area contributed by atoms with Crippen LogP contribution in [0, 0.1) is 15.9 Å². The van der Waals surface area contributed by atoms with E-state index in [2.05, 4.69) is 5.32 Å². The fourth-order valence-electron chi connectivity index (χ4n) is 2.47. The van der Waals surface area contributed by atoms with Gasteiger partial charge in [-0.15, -0.1) is 0 Å². The molecular formula is C21H17FN2O5. The first-order chi connectivity index (χ1) is 14.0. The molecule has 3 aromatic carbocycles. The molecule has 0 bridgehead atoms. The molecule has 0 saturated carbocycles. The van der Waals surface area contributed by atoms with Crippen molar-refractivity contribution in [3.05, 3.63) is 94.3 Å². The van der Waals surface area contributed by atoms with Crippen molar-refractivity contribution in [3.63, 3.8) is 0 Å². The number of amides is 1. The number of ether oxygens (including phenoxy) is 2. The SMILES string of the molecule is O=C(COc1cc(F)ccc1[N+](=O)[O-])Nc1ccc(OCc2ccccc2)cc1. The van der Waals surface area contributed by atoms with E-state index in [1.165, 1.54) is 0 Å². The van der Waals surface area contributed by atoms with E-state index < -0.39 is 28.9 Å². The van der Waals surface area contributed by atoms with Gasteiger partial charge in [0.2, 0.25) is 5.75 Å². The van der Waals surface area contributed by atoms with E-state index in [0.717, 1.165) is 23.8 Å². The van der Waals surface area contributed by atoms with Gasteiger partial charge < -0.3 is 14.8 Å². The van der Waals surface area contributed by atoms with Crippen molar-refractivity contribution in [2.24, 2.45) is 0 Å². The summed E-state index contributed by atoms with van der Waals surface area (Å²) in [6.07, 6.45) is 0. The molecule has 7 nitrogen and oxygen atoms in total. The molecule has 0 fully saturated rings. The molecule has 0 aliphatic heterocycles. The molecule has 0 radical (unpaired) electrons. The van der Waals surface area contributed by atoms with Crippen LogP contribution in [0.1, 0.15) is 5.56 Å². The summed E-state index contributed by atoms with van der Waals surface area (Å²) in [5.74, 6) is -0.910. The van der Waals surface area contributed by atoms with E-state index in [1.54, 1.807) is 24.3 Å². The van der Waals surface area contributed by atoms with E-state index in [0.29, 0.717) is 18.0 Å². The molecule has 0 aromatic heterocycles. The normalized spacial score (nSPS) is 10.2. The van der Waals surface area contributed by atoms with Crippen LogP contribution in [0.2, 0.25) is 0 Å². The highest BCUT2D eigenvalue weighted by Crippen LogP contribution is 2.27. The van der Waals surface area contributed by atoms with Crippen molar-refractivity contribution in [3.8, 4) is 11.5 Å². The zero-order valence-electron chi connectivity index (χ0n) is 15.2. The molecule has 29 heavy (non-hydrogen) atoms. The number of carbonyl (C=O) groups excluding carboxylic acids is 1. The smallest absolute Gasteiger partial charge is 0.311 e. The van der Waals surface area contributed by atoms with Crippen molar-refractivity contribution < 1.29 is 23.6 Å². The highest BCUT2D eigenvalue weighted by atomic mass is 19.1. The van der Waals surface area contributed by atoms with Gasteiger partial charge in [-0.3, -0.25) is 14.9 Å². The van der Waals surface area contributed by atoms with Crippen molar-refractivity contribution in [2.45, 2.75) is 6.61 Å². The minimum absolute atomic E-state index is 0.310. The Hall–Kier alpha value is -3.94. The molecule has 3 aromatic rings. The predicted molar refractivity (Wildman–Crippen MR) is 104 cm³/mol. The molecule has 0 unspecified atom stereocenters. The maximum Gasteiger partial charge on any atom is 0.311 e. The van der Waals surface area contributed by atoms with Gasteiger partial charge in [0.25, 0.3) is 5.91 Å². The number of hydrogen-bond acceptors (Lipinski definition) is 5. The Labute approximate surface area is 165 Å². The molecule has 0 heterocycles. The molecule has 8 heteroatoms. The zero-order valence-corrected chi connectivity index (χ0v) is 15.2. The molecular weight excluding hydrogens is 379 g/mol. The number of nitro benzene ring substituents is 1. The van der Waals surface area contributed by atoms with E-state index in [4.69, 9.17) is 9.47 Å². The van der Waals surface area contributed by atoms with Gasteiger partial charge in [0, 0.05) is 17.8 Å². The number of nitrogens with one attached hydrogen (secondary N) is 1. The van der Waals surface area contributed by atoms with Gasteiger partial charge >= 0.3 is 5.69 Å². The Kier molecular flexibility index (Phi) is 6.36.